The van der Waals surface area contributed by atoms with Crippen LogP contribution in [0.15, 0.2) is 24.3 Å². The highest BCUT2D eigenvalue weighted by atomic mass is 14.9. The summed E-state index contributed by atoms with van der Waals surface area (Å²) in [6.07, 6.45) is 10.4. The van der Waals surface area contributed by atoms with Crippen molar-refractivity contribution in [1.82, 2.24) is 5.32 Å². The van der Waals surface area contributed by atoms with E-state index in [-0.39, 0.29) is 0 Å². The largest absolute Gasteiger partial charge is 0.310 e. The van der Waals surface area contributed by atoms with Gasteiger partial charge in [0, 0.05) is 12.6 Å². The molecule has 0 unspecified atom stereocenters. The minimum absolute atomic E-state index is 0.797. The second kappa shape index (κ2) is 5.27. The minimum Gasteiger partial charge on any atom is -0.310 e. The molecule has 0 bridgehead atoms. The molecule has 1 nitrogen and oxygen atoms in total. The molecule has 18 heavy (non-hydrogen) atoms. The lowest BCUT2D eigenvalue weighted by molar-refractivity contribution is 0.687. The summed E-state index contributed by atoms with van der Waals surface area (Å²) in [4.78, 5) is 0. The van der Waals surface area contributed by atoms with E-state index >= 15 is 0 Å². The number of hydrogen-bond donors (Lipinski definition) is 1. The Hall–Kier alpha value is -1.08. The van der Waals surface area contributed by atoms with E-state index in [2.05, 4.69) is 36.5 Å². The lowest BCUT2D eigenvalue weighted by Crippen LogP contribution is -2.15. The van der Waals surface area contributed by atoms with E-state index in [0.717, 1.165) is 12.6 Å². The summed E-state index contributed by atoms with van der Waals surface area (Å²) >= 11 is 0. The molecule has 1 N–H and O–H groups in total. The third-order valence-corrected chi connectivity index (χ3v) is 4.10. The predicted molar refractivity (Wildman–Crippen MR) is 77.5 cm³/mol. The zero-order chi connectivity index (χ0) is 12.4. The van der Waals surface area contributed by atoms with Crippen LogP contribution in [0.3, 0.4) is 0 Å². The first-order valence-electron chi connectivity index (χ1n) is 7.35. The summed E-state index contributed by atoms with van der Waals surface area (Å²) in [6.45, 7) is 3.29. The smallest absolute Gasteiger partial charge is 0.0208 e. The Labute approximate surface area is 110 Å². The SMILES string of the molecule is Cc1cc(CNC2CC2)ccc1C1=CCCCC1. The van der Waals surface area contributed by atoms with Gasteiger partial charge in [-0.05, 0) is 67.7 Å². The maximum atomic E-state index is 3.58. The Balaban J connectivity index is 1.73. The zero-order valence-electron chi connectivity index (χ0n) is 11.3. The van der Waals surface area contributed by atoms with Gasteiger partial charge in [-0.3, -0.25) is 0 Å². The van der Waals surface area contributed by atoms with Gasteiger partial charge in [0.25, 0.3) is 0 Å². The lowest BCUT2D eigenvalue weighted by atomic mass is 9.90. The van der Waals surface area contributed by atoms with E-state index < -0.39 is 0 Å². The molecule has 1 fully saturated rings. The van der Waals surface area contributed by atoms with Crippen LogP contribution in [-0.2, 0) is 6.54 Å². The molecule has 2 aliphatic rings. The molecule has 0 saturated heterocycles. The van der Waals surface area contributed by atoms with Crippen molar-refractivity contribution in [2.75, 3.05) is 0 Å². The molecular formula is C17H23N. The molecule has 0 radical (unpaired) electrons. The molecule has 1 aromatic rings. The van der Waals surface area contributed by atoms with Gasteiger partial charge in [0.1, 0.15) is 0 Å². The summed E-state index contributed by atoms with van der Waals surface area (Å²) in [6, 6.07) is 7.79. The quantitative estimate of drug-likeness (QED) is 0.833. The molecule has 1 aromatic carbocycles. The van der Waals surface area contributed by atoms with Gasteiger partial charge in [0.2, 0.25) is 0 Å². The van der Waals surface area contributed by atoms with Crippen molar-refractivity contribution in [1.29, 1.82) is 0 Å². The van der Waals surface area contributed by atoms with Crippen LogP contribution in [0.2, 0.25) is 0 Å². The lowest BCUT2D eigenvalue weighted by Gasteiger charge is -2.16. The van der Waals surface area contributed by atoms with Crippen LogP contribution in [0.4, 0.5) is 0 Å². The van der Waals surface area contributed by atoms with Gasteiger partial charge in [0.15, 0.2) is 0 Å². The Morgan fingerprint density at radius 1 is 1.22 bits per heavy atom. The van der Waals surface area contributed by atoms with Gasteiger partial charge in [-0.2, -0.15) is 0 Å². The standard InChI is InChI=1S/C17H23N/c1-13-11-14(12-18-16-8-9-16)7-10-17(13)15-5-3-2-4-6-15/h5,7,10-11,16,18H,2-4,6,8-9,12H2,1H3. The van der Waals surface area contributed by atoms with E-state index in [1.54, 1.807) is 5.57 Å². The average molecular weight is 241 g/mol. The third kappa shape index (κ3) is 2.84. The van der Waals surface area contributed by atoms with Crippen molar-refractivity contribution in [2.45, 2.75) is 58.0 Å². The van der Waals surface area contributed by atoms with Crippen molar-refractivity contribution in [3.63, 3.8) is 0 Å². The van der Waals surface area contributed by atoms with E-state index in [0.29, 0.717) is 0 Å². The number of rotatable bonds is 4. The fourth-order valence-corrected chi connectivity index (χ4v) is 2.83. The summed E-state index contributed by atoms with van der Waals surface area (Å²) in [5.41, 5.74) is 5.92. The van der Waals surface area contributed by atoms with Crippen LogP contribution in [0.25, 0.3) is 5.57 Å². The first-order chi connectivity index (χ1) is 8.83. The first-order valence-corrected chi connectivity index (χ1v) is 7.35. The molecule has 0 heterocycles. The maximum absolute atomic E-state index is 3.58. The summed E-state index contributed by atoms with van der Waals surface area (Å²) in [5.74, 6) is 0. The van der Waals surface area contributed by atoms with Crippen LogP contribution in [0.1, 0.15) is 55.2 Å². The number of benzene rings is 1. The molecule has 96 valence electrons. The Bertz CT molecular complexity index is 455. The number of hydrogen-bond acceptors (Lipinski definition) is 1. The minimum atomic E-state index is 0.797. The third-order valence-electron chi connectivity index (χ3n) is 4.10. The molecule has 0 aliphatic heterocycles. The average Bonchev–Trinajstić information content (AvgIpc) is 3.21. The van der Waals surface area contributed by atoms with Crippen LogP contribution >= 0.6 is 0 Å². The number of allylic oxidation sites excluding steroid dienone is 2. The number of nitrogens with one attached hydrogen (secondary N) is 1. The van der Waals surface area contributed by atoms with Crippen molar-refractivity contribution in [3.8, 4) is 0 Å². The zero-order valence-corrected chi connectivity index (χ0v) is 11.3. The van der Waals surface area contributed by atoms with E-state index in [1.807, 2.05) is 0 Å². The molecule has 3 rings (SSSR count). The molecular weight excluding hydrogens is 218 g/mol. The van der Waals surface area contributed by atoms with E-state index in [4.69, 9.17) is 0 Å². The van der Waals surface area contributed by atoms with Crippen LogP contribution in [0.5, 0.6) is 0 Å². The van der Waals surface area contributed by atoms with Crippen LogP contribution < -0.4 is 5.32 Å². The summed E-state index contributed by atoms with van der Waals surface area (Å²) in [7, 11) is 0. The fraction of sp³-hybridized carbons (Fsp3) is 0.529. The fourth-order valence-electron chi connectivity index (χ4n) is 2.83. The van der Waals surface area contributed by atoms with Crippen molar-refractivity contribution >= 4 is 5.57 Å². The van der Waals surface area contributed by atoms with Crippen molar-refractivity contribution < 1.29 is 0 Å². The van der Waals surface area contributed by atoms with Crippen LogP contribution in [-0.4, -0.2) is 6.04 Å². The van der Waals surface area contributed by atoms with Gasteiger partial charge in [-0.1, -0.05) is 24.3 Å². The van der Waals surface area contributed by atoms with Gasteiger partial charge >= 0.3 is 0 Å². The van der Waals surface area contributed by atoms with Crippen molar-refractivity contribution in [3.05, 3.63) is 41.0 Å². The van der Waals surface area contributed by atoms with Gasteiger partial charge in [0.05, 0.1) is 0 Å². The molecule has 0 spiro atoms. The second-order valence-corrected chi connectivity index (χ2v) is 5.78. The van der Waals surface area contributed by atoms with Crippen molar-refractivity contribution in [2.24, 2.45) is 0 Å². The normalized spacial score (nSPS) is 19.7. The molecule has 0 aromatic heterocycles. The number of aryl methyl sites for hydroxylation is 1. The Kier molecular flexibility index (Phi) is 3.51. The van der Waals surface area contributed by atoms with Crippen LogP contribution in [0, 0.1) is 6.92 Å². The van der Waals surface area contributed by atoms with E-state index in [9.17, 15) is 0 Å². The molecule has 0 amide bonds. The Morgan fingerprint density at radius 3 is 2.78 bits per heavy atom. The molecule has 0 atom stereocenters. The Morgan fingerprint density at radius 2 is 2.11 bits per heavy atom. The summed E-state index contributed by atoms with van der Waals surface area (Å²) < 4.78 is 0. The second-order valence-electron chi connectivity index (χ2n) is 5.78. The highest BCUT2D eigenvalue weighted by molar-refractivity contribution is 5.69. The first kappa shape index (κ1) is 12.0. The molecule has 1 saturated carbocycles. The predicted octanol–water partition coefficient (Wildman–Crippen LogP) is 4.20. The maximum Gasteiger partial charge on any atom is 0.0208 e. The van der Waals surface area contributed by atoms with E-state index in [1.165, 1.54) is 55.2 Å². The molecule has 1 heteroatoms. The highest BCUT2D eigenvalue weighted by Crippen LogP contribution is 2.29. The van der Waals surface area contributed by atoms with Gasteiger partial charge in [-0.25, -0.2) is 0 Å². The topological polar surface area (TPSA) is 12.0 Å². The highest BCUT2D eigenvalue weighted by Gasteiger charge is 2.20. The summed E-state index contributed by atoms with van der Waals surface area (Å²) in [5, 5.41) is 3.58. The monoisotopic (exact) mass is 241 g/mol. The van der Waals surface area contributed by atoms with Gasteiger partial charge < -0.3 is 5.32 Å². The molecule has 2 aliphatic carbocycles. The van der Waals surface area contributed by atoms with Gasteiger partial charge in [-0.15, -0.1) is 0 Å².